The number of hydrogen-bond acceptors (Lipinski definition) is 5. The third-order valence-electron chi connectivity index (χ3n) is 4.40. The molecule has 0 saturated heterocycles. The molecule has 0 spiro atoms. The second-order valence-corrected chi connectivity index (χ2v) is 6.68. The van der Waals surface area contributed by atoms with Crippen LogP contribution >= 0.6 is 0 Å². The van der Waals surface area contributed by atoms with Crippen molar-refractivity contribution in [1.29, 1.82) is 0 Å². The van der Waals surface area contributed by atoms with Crippen molar-refractivity contribution in [2.24, 2.45) is 0 Å². The number of anilines is 1. The van der Waals surface area contributed by atoms with Crippen LogP contribution in [0.5, 0.6) is 0 Å². The molecule has 0 fully saturated rings. The summed E-state index contributed by atoms with van der Waals surface area (Å²) in [5, 5.41) is 4.85. The van der Waals surface area contributed by atoms with Gasteiger partial charge in [-0.2, -0.15) is 13.2 Å². The van der Waals surface area contributed by atoms with Crippen LogP contribution in [0.2, 0.25) is 0 Å². The molecule has 11 heteroatoms. The fourth-order valence-electron chi connectivity index (χ4n) is 2.84. The Morgan fingerprint density at radius 1 is 1.09 bits per heavy atom. The van der Waals surface area contributed by atoms with Gasteiger partial charge in [0, 0.05) is 24.7 Å². The van der Waals surface area contributed by atoms with Gasteiger partial charge in [0.25, 0.3) is 11.8 Å². The lowest BCUT2D eigenvalue weighted by Gasteiger charge is -2.11. The van der Waals surface area contributed by atoms with E-state index in [9.17, 15) is 27.2 Å². The summed E-state index contributed by atoms with van der Waals surface area (Å²) in [5.74, 6) is -2.24. The maximum atomic E-state index is 13.5. The summed E-state index contributed by atoms with van der Waals surface area (Å²) in [6.07, 6.45) is -3.37. The number of hydrogen-bond donors (Lipinski definition) is 3. The standard InChI is InChI=1S/C21H17F4N5O2/c1-27-20(32)17-18(26)28-10-16(30-17)12-3-2-4-13(7-12)19(31)29-9-11-5-14(21(23,24)25)8-15(22)6-11/h2-8,10H,9H2,1H3,(H2,26,28)(H,27,32)(H,29,31). The molecule has 0 unspecified atom stereocenters. The minimum atomic E-state index is -4.71. The number of rotatable bonds is 5. The molecule has 0 radical (unpaired) electrons. The van der Waals surface area contributed by atoms with Crippen LogP contribution in [0.25, 0.3) is 11.3 Å². The van der Waals surface area contributed by atoms with E-state index in [1.807, 2.05) is 0 Å². The first-order valence-electron chi connectivity index (χ1n) is 9.18. The molecule has 1 aromatic heterocycles. The normalized spacial score (nSPS) is 11.2. The number of carbonyl (C=O) groups excluding carboxylic acids is 2. The van der Waals surface area contributed by atoms with Crippen LogP contribution in [0.15, 0.2) is 48.7 Å². The summed E-state index contributed by atoms with van der Waals surface area (Å²) < 4.78 is 52.1. The second-order valence-electron chi connectivity index (χ2n) is 6.68. The first kappa shape index (κ1) is 22.7. The topological polar surface area (TPSA) is 110 Å². The number of nitrogens with zero attached hydrogens (tertiary/aromatic N) is 2. The quantitative estimate of drug-likeness (QED) is 0.521. The molecule has 1 heterocycles. The van der Waals surface area contributed by atoms with Gasteiger partial charge < -0.3 is 16.4 Å². The molecule has 0 atom stereocenters. The third-order valence-corrected chi connectivity index (χ3v) is 4.40. The average molecular weight is 447 g/mol. The van der Waals surface area contributed by atoms with Crippen LogP contribution in [0.1, 0.15) is 32.0 Å². The van der Waals surface area contributed by atoms with Crippen LogP contribution in [-0.4, -0.2) is 28.8 Å². The smallest absolute Gasteiger partial charge is 0.382 e. The first-order chi connectivity index (χ1) is 15.1. The Bertz CT molecular complexity index is 1180. The van der Waals surface area contributed by atoms with Gasteiger partial charge in [-0.1, -0.05) is 12.1 Å². The number of carbonyl (C=O) groups is 2. The lowest BCUT2D eigenvalue weighted by Crippen LogP contribution is -2.23. The summed E-state index contributed by atoms with van der Waals surface area (Å²) in [6.45, 7) is -0.313. The van der Waals surface area contributed by atoms with Gasteiger partial charge >= 0.3 is 6.18 Å². The second kappa shape index (κ2) is 9.00. The van der Waals surface area contributed by atoms with E-state index >= 15 is 0 Å². The van der Waals surface area contributed by atoms with Crippen molar-refractivity contribution in [3.63, 3.8) is 0 Å². The van der Waals surface area contributed by atoms with Crippen molar-refractivity contribution in [1.82, 2.24) is 20.6 Å². The maximum Gasteiger partial charge on any atom is 0.416 e. The predicted molar refractivity (Wildman–Crippen MR) is 108 cm³/mol. The van der Waals surface area contributed by atoms with Gasteiger partial charge in [-0.25, -0.2) is 14.4 Å². The van der Waals surface area contributed by atoms with Crippen molar-refractivity contribution >= 4 is 17.6 Å². The Labute approximate surface area is 179 Å². The van der Waals surface area contributed by atoms with Crippen LogP contribution in [-0.2, 0) is 12.7 Å². The summed E-state index contributed by atoms with van der Waals surface area (Å²) in [4.78, 5) is 32.5. The summed E-state index contributed by atoms with van der Waals surface area (Å²) in [6, 6.07) is 8.21. The van der Waals surface area contributed by atoms with Crippen molar-refractivity contribution in [2.45, 2.75) is 12.7 Å². The summed E-state index contributed by atoms with van der Waals surface area (Å²) in [5.41, 5.74) is 5.33. The van der Waals surface area contributed by atoms with Crippen LogP contribution in [0.4, 0.5) is 23.4 Å². The predicted octanol–water partition coefficient (Wildman–Crippen LogP) is 3.17. The number of nitrogens with one attached hydrogen (secondary N) is 2. The lowest BCUT2D eigenvalue weighted by molar-refractivity contribution is -0.137. The average Bonchev–Trinajstić information content (AvgIpc) is 2.76. The highest BCUT2D eigenvalue weighted by atomic mass is 19.4. The first-order valence-corrected chi connectivity index (χ1v) is 9.18. The fourth-order valence-corrected chi connectivity index (χ4v) is 2.84. The largest absolute Gasteiger partial charge is 0.416 e. The van der Waals surface area contributed by atoms with Crippen LogP contribution in [0.3, 0.4) is 0 Å². The number of aromatic nitrogens is 2. The molecule has 0 saturated carbocycles. The van der Waals surface area contributed by atoms with Crippen molar-refractivity contribution in [3.05, 3.63) is 76.9 Å². The molecule has 32 heavy (non-hydrogen) atoms. The van der Waals surface area contributed by atoms with Gasteiger partial charge in [-0.15, -0.1) is 0 Å². The van der Waals surface area contributed by atoms with E-state index in [1.54, 1.807) is 12.1 Å². The Morgan fingerprint density at radius 2 is 1.84 bits per heavy atom. The van der Waals surface area contributed by atoms with E-state index in [2.05, 4.69) is 20.6 Å². The van der Waals surface area contributed by atoms with E-state index in [-0.39, 0.29) is 34.9 Å². The third kappa shape index (κ3) is 5.17. The number of halogens is 4. The highest BCUT2D eigenvalue weighted by Gasteiger charge is 2.31. The van der Waals surface area contributed by atoms with Gasteiger partial charge in [0.1, 0.15) is 5.82 Å². The van der Waals surface area contributed by atoms with Gasteiger partial charge in [-0.05, 0) is 35.9 Å². The molecule has 3 rings (SSSR count). The lowest BCUT2D eigenvalue weighted by atomic mass is 10.1. The zero-order valence-electron chi connectivity index (χ0n) is 16.6. The molecule has 0 aliphatic rings. The zero-order valence-corrected chi connectivity index (χ0v) is 16.6. The van der Waals surface area contributed by atoms with Crippen LogP contribution < -0.4 is 16.4 Å². The number of alkyl halides is 3. The number of nitrogens with two attached hydrogens (primary N) is 1. The Morgan fingerprint density at radius 3 is 2.53 bits per heavy atom. The van der Waals surface area contributed by atoms with Crippen molar-refractivity contribution in [3.8, 4) is 11.3 Å². The van der Waals surface area contributed by atoms with Crippen molar-refractivity contribution < 1.29 is 27.2 Å². The molecular weight excluding hydrogens is 430 g/mol. The van der Waals surface area contributed by atoms with Gasteiger partial charge in [0.2, 0.25) is 0 Å². The Balaban J connectivity index is 1.80. The van der Waals surface area contributed by atoms with Crippen LogP contribution in [0, 0.1) is 5.82 Å². The molecule has 0 bridgehead atoms. The molecule has 0 aliphatic carbocycles. The minimum absolute atomic E-state index is 0.0403. The monoisotopic (exact) mass is 447 g/mol. The number of amides is 2. The summed E-state index contributed by atoms with van der Waals surface area (Å²) in [7, 11) is 1.41. The van der Waals surface area contributed by atoms with E-state index < -0.39 is 29.4 Å². The van der Waals surface area contributed by atoms with Crippen molar-refractivity contribution in [2.75, 3.05) is 12.8 Å². The molecule has 4 N–H and O–H groups in total. The fraction of sp³-hybridized carbons (Fsp3) is 0.143. The zero-order chi connectivity index (χ0) is 23.5. The Kier molecular flexibility index (Phi) is 6.37. The molecule has 2 amide bonds. The molecule has 0 aliphatic heterocycles. The highest BCUT2D eigenvalue weighted by molar-refractivity contribution is 5.97. The molecule has 2 aromatic carbocycles. The Hall–Kier alpha value is -4.02. The minimum Gasteiger partial charge on any atom is -0.382 e. The highest BCUT2D eigenvalue weighted by Crippen LogP contribution is 2.30. The van der Waals surface area contributed by atoms with E-state index in [1.165, 1.54) is 25.4 Å². The number of nitrogen functional groups attached to an aromatic ring is 1. The maximum absolute atomic E-state index is 13.5. The molecule has 3 aromatic rings. The SMILES string of the molecule is CNC(=O)c1nc(-c2cccc(C(=O)NCc3cc(F)cc(C(F)(F)F)c3)c2)cnc1N. The van der Waals surface area contributed by atoms with Gasteiger partial charge in [0.15, 0.2) is 11.5 Å². The van der Waals surface area contributed by atoms with E-state index in [4.69, 9.17) is 5.73 Å². The summed E-state index contributed by atoms with van der Waals surface area (Å²) >= 11 is 0. The molecular formula is C21H17F4N5O2. The van der Waals surface area contributed by atoms with E-state index in [0.717, 1.165) is 12.1 Å². The number of benzene rings is 2. The molecule has 7 nitrogen and oxygen atoms in total. The van der Waals surface area contributed by atoms with Gasteiger partial charge in [0.05, 0.1) is 17.5 Å². The van der Waals surface area contributed by atoms with Gasteiger partial charge in [-0.3, -0.25) is 9.59 Å². The van der Waals surface area contributed by atoms with E-state index in [0.29, 0.717) is 11.6 Å². The molecule has 166 valence electrons.